The number of nitro benzene ring substituents is 2. The van der Waals surface area contributed by atoms with E-state index in [-0.39, 0.29) is 22.9 Å². The van der Waals surface area contributed by atoms with E-state index in [0.29, 0.717) is 5.56 Å². The van der Waals surface area contributed by atoms with Gasteiger partial charge in [-0.2, -0.15) is 5.10 Å². The number of nitro groups is 2. The number of ether oxygens (including phenoxy) is 2. The molecular weight excluding hydrogens is 348 g/mol. The lowest BCUT2D eigenvalue weighted by atomic mass is 10.2. The van der Waals surface area contributed by atoms with Crippen LogP contribution in [0.2, 0.25) is 0 Å². The van der Waals surface area contributed by atoms with Crippen molar-refractivity contribution >= 4 is 23.3 Å². The molecule has 0 aromatic heterocycles. The molecule has 0 aliphatic rings. The highest BCUT2D eigenvalue weighted by Gasteiger charge is 2.19. The first-order valence-electron chi connectivity index (χ1n) is 7.04. The average Bonchev–Trinajstić information content (AvgIpc) is 2.62. The van der Waals surface area contributed by atoms with Gasteiger partial charge < -0.3 is 14.6 Å². The van der Waals surface area contributed by atoms with Crippen molar-refractivity contribution in [3.63, 3.8) is 0 Å². The fourth-order valence-electron chi connectivity index (χ4n) is 2.04. The summed E-state index contributed by atoms with van der Waals surface area (Å²) < 4.78 is 10.0. The fraction of sp³-hybridized carbons (Fsp3) is 0.133. The predicted molar refractivity (Wildman–Crippen MR) is 92.2 cm³/mol. The second-order valence-corrected chi connectivity index (χ2v) is 4.86. The van der Waals surface area contributed by atoms with Crippen LogP contribution in [-0.2, 0) is 0 Å². The summed E-state index contributed by atoms with van der Waals surface area (Å²) in [5.74, 6) is 0.144. The SMILES string of the molecule is COc1cc(C=NNc2ccc([N+](=O)[O-])cc2[N+](=O)[O-])cc(OC)c1O. The van der Waals surface area contributed by atoms with E-state index < -0.39 is 21.2 Å². The Morgan fingerprint density at radius 2 is 1.69 bits per heavy atom. The van der Waals surface area contributed by atoms with E-state index in [9.17, 15) is 25.3 Å². The molecule has 0 atom stereocenters. The Morgan fingerprint density at radius 3 is 2.19 bits per heavy atom. The van der Waals surface area contributed by atoms with Gasteiger partial charge in [-0.05, 0) is 18.2 Å². The molecule has 0 heterocycles. The van der Waals surface area contributed by atoms with Gasteiger partial charge in [0.15, 0.2) is 11.5 Å². The van der Waals surface area contributed by atoms with Gasteiger partial charge in [-0.3, -0.25) is 25.7 Å². The molecule has 0 aliphatic heterocycles. The summed E-state index contributed by atoms with van der Waals surface area (Å²) in [6.07, 6.45) is 1.32. The number of anilines is 1. The molecule has 0 saturated carbocycles. The Balaban J connectivity index is 2.28. The van der Waals surface area contributed by atoms with E-state index in [1.807, 2.05) is 0 Å². The minimum atomic E-state index is -0.753. The van der Waals surface area contributed by atoms with Crippen LogP contribution < -0.4 is 14.9 Å². The zero-order valence-corrected chi connectivity index (χ0v) is 13.7. The first-order chi connectivity index (χ1) is 12.4. The fourth-order valence-corrected chi connectivity index (χ4v) is 2.04. The summed E-state index contributed by atoms with van der Waals surface area (Å²) in [6, 6.07) is 6.11. The number of benzene rings is 2. The molecule has 2 aromatic carbocycles. The Morgan fingerprint density at radius 1 is 1.08 bits per heavy atom. The number of rotatable bonds is 7. The normalized spacial score (nSPS) is 10.5. The smallest absolute Gasteiger partial charge is 0.301 e. The van der Waals surface area contributed by atoms with Crippen LogP contribution in [-0.4, -0.2) is 35.4 Å². The number of phenols is 1. The number of aromatic hydroxyl groups is 1. The molecule has 11 heteroatoms. The van der Waals surface area contributed by atoms with Gasteiger partial charge in [-0.25, -0.2) is 0 Å². The first kappa shape index (κ1) is 18.4. The van der Waals surface area contributed by atoms with E-state index in [1.165, 1.54) is 38.6 Å². The second kappa shape index (κ2) is 7.79. The van der Waals surface area contributed by atoms with Crippen molar-refractivity contribution in [3.8, 4) is 17.2 Å². The molecule has 2 rings (SSSR count). The van der Waals surface area contributed by atoms with Gasteiger partial charge in [0.25, 0.3) is 5.69 Å². The van der Waals surface area contributed by atoms with E-state index in [1.54, 1.807) is 0 Å². The molecule has 2 aromatic rings. The number of phenolic OH excluding ortho intramolecular Hbond substituents is 1. The van der Waals surface area contributed by atoms with Gasteiger partial charge >= 0.3 is 5.69 Å². The highest BCUT2D eigenvalue weighted by Crippen LogP contribution is 2.36. The lowest BCUT2D eigenvalue weighted by Gasteiger charge is -2.09. The van der Waals surface area contributed by atoms with Gasteiger partial charge in [0.1, 0.15) is 5.69 Å². The molecule has 0 radical (unpaired) electrons. The topological polar surface area (TPSA) is 149 Å². The maximum Gasteiger partial charge on any atom is 0.301 e. The molecule has 0 unspecified atom stereocenters. The van der Waals surface area contributed by atoms with Crippen molar-refractivity contribution in [3.05, 3.63) is 56.1 Å². The third-order valence-corrected chi connectivity index (χ3v) is 3.29. The monoisotopic (exact) mass is 362 g/mol. The van der Waals surface area contributed by atoms with Crippen LogP contribution >= 0.6 is 0 Å². The van der Waals surface area contributed by atoms with Crippen molar-refractivity contribution < 1.29 is 24.4 Å². The highest BCUT2D eigenvalue weighted by atomic mass is 16.6. The Kier molecular flexibility index (Phi) is 5.53. The highest BCUT2D eigenvalue weighted by molar-refractivity contribution is 5.83. The molecule has 0 amide bonds. The quantitative estimate of drug-likeness (QED) is 0.433. The third-order valence-electron chi connectivity index (χ3n) is 3.29. The molecule has 0 aliphatic carbocycles. The number of hydrogen-bond acceptors (Lipinski definition) is 9. The van der Waals surface area contributed by atoms with Crippen molar-refractivity contribution in [2.24, 2.45) is 5.10 Å². The molecule has 0 bridgehead atoms. The molecule has 0 fully saturated rings. The summed E-state index contributed by atoms with van der Waals surface area (Å²) in [5.41, 5.74) is 2.03. The molecule has 136 valence electrons. The van der Waals surface area contributed by atoms with Crippen molar-refractivity contribution in [1.82, 2.24) is 0 Å². The summed E-state index contributed by atoms with van der Waals surface area (Å²) in [7, 11) is 2.74. The van der Waals surface area contributed by atoms with Crippen LogP contribution in [0.3, 0.4) is 0 Å². The minimum absolute atomic E-state index is 0.0189. The largest absolute Gasteiger partial charge is 0.502 e. The van der Waals surface area contributed by atoms with Gasteiger partial charge in [-0.1, -0.05) is 0 Å². The van der Waals surface area contributed by atoms with E-state index in [4.69, 9.17) is 9.47 Å². The number of hydrazone groups is 1. The van der Waals surface area contributed by atoms with Crippen molar-refractivity contribution in [2.45, 2.75) is 0 Å². The van der Waals surface area contributed by atoms with Crippen molar-refractivity contribution in [2.75, 3.05) is 19.6 Å². The maximum absolute atomic E-state index is 11.1. The Labute approximate surface area is 146 Å². The molecule has 0 spiro atoms. The van der Waals surface area contributed by atoms with Gasteiger partial charge in [0.2, 0.25) is 5.75 Å². The Hall–Kier alpha value is -3.89. The van der Waals surface area contributed by atoms with Gasteiger partial charge in [0.05, 0.1) is 36.3 Å². The molecule has 26 heavy (non-hydrogen) atoms. The number of nitrogens with zero attached hydrogens (tertiary/aromatic N) is 3. The number of methoxy groups -OCH3 is 2. The summed E-state index contributed by atoms with van der Waals surface area (Å²) in [6.45, 7) is 0. The summed E-state index contributed by atoms with van der Waals surface area (Å²) in [5, 5.41) is 35.5. The van der Waals surface area contributed by atoms with E-state index in [2.05, 4.69) is 10.5 Å². The van der Waals surface area contributed by atoms with Crippen LogP contribution in [0, 0.1) is 20.2 Å². The molecular formula is C15H14N4O7. The third kappa shape index (κ3) is 3.95. The van der Waals surface area contributed by atoms with Crippen LogP contribution in [0.15, 0.2) is 35.4 Å². The molecule has 11 nitrogen and oxygen atoms in total. The predicted octanol–water partition coefficient (Wildman–Crippen LogP) is 2.67. The average molecular weight is 362 g/mol. The lowest BCUT2D eigenvalue weighted by Crippen LogP contribution is -1.99. The standard InChI is InChI=1S/C15H14N4O7/c1-25-13-5-9(6-14(26-2)15(13)20)8-16-17-11-4-3-10(18(21)22)7-12(11)19(23)24/h3-8,17,20H,1-2H3. The van der Waals surface area contributed by atoms with Crippen LogP contribution in [0.5, 0.6) is 17.2 Å². The zero-order chi connectivity index (χ0) is 19.3. The van der Waals surface area contributed by atoms with E-state index >= 15 is 0 Å². The van der Waals surface area contributed by atoms with Crippen molar-refractivity contribution in [1.29, 1.82) is 0 Å². The van der Waals surface area contributed by atoms with Gasteiger partial charge in [0, 0.05) is 11.6 Å². The number of nitrogens with one attached hydrogen (secondary N) is 1. The van der Waals surface area contributed by atoms with E-state index in [0.717, 1.165) is 12.1 Å². The van der Waals surface area contributed by atoms with Crippen LogP contribution in [0.4, 0.5) is 17.1 Å². The second-order valence-electron chi connectivity index (χ2n) is 4.86. The lowest BCUT2D eigenvalue weighted by molar-refractivity contribution is -0.393. The van der Waals surface area contributed by atoms with Crippen LogP contribution in [0.25, 0.3) is 0 Å². The first-order valence-corrected chi connectivity index (χ1v) is 7.04. The maximum atomic E-state index is 11.1. The van der Waals surface area contributed by atoms with Gasteiger partial charge in [-0.15, -0.1) is 0 Å². The Bertz CT molecular complexity index is 857. The van der Waals surface area contributed by atoms with Crippen LogP contribution in [0.1, 0.15) is 5.56 Å². The zero-order valence-electron chi connectivity index (χ0n) is 13.7. The molecule has 2 N–H and O–H groups in total. The summed E-state index contributed by atoms with van der Waals surface area (Å²) >= 11 is 0. The summed E-state index contributed by atoms with van der Waals surface area (Å²) in [4.78, 5) is 20.3. The minimum Gasteiger partial charge on any atom is -0.502 e. The number of non-ortho nitro benzene ring substituents is 1. The number of hydrogen-bond donors (Lipinski definition) is 2. The molecule has 0 saturated heterocycles.